The summed E-state index contributed by atoms with van der Waals surface area (Å²) in [7, 11) is -4.71. The Hall–Kier alpha value is -3.03. The van der Waals surface area contributed by atoms with Crippen molar-refractivity contribution >= 4 is 19.2 Å². The van der Waals surface area contributed by atoms with Crippen LogP contribution in [0.2, 0.25) is 0 Å². The van der Waals surface area contributed by atoms with E-state index >= 15 is 0 Å². The van der Waals surface area contributed by atoms with Gasteiger partial charge in [0.15, 0.2) is 5.82 Å². The number of phosphoric ester groups is 1. The summed E-state index contributed by atoms with van der Waals surface area (Å²) >= 11 is 0. The van der Waals surface area contributed by atoms with Crippen molar-refractivity contribution in [2.24, 2.45) is 0 Å². The molecule has 0 radical (unpaired) electrons. The van der Waals surface area contributed by atoms with E-state index in [1.807, 2.05) is 6.07 Å². The first-order chi connectivity index (χ1) is 27.1. The van der Waals surface area contributed by atoms with Crippen LogP contribution in [0.4, 0.5) is 5.82 Å². The molecule has 5 N–H and O–H groups in total. The summed E-state index contributed by atoms with van der Waals surface area (Å²) < 4.78 is 43.0. The summed E-state index contributed by atoms with van der Waals surface area (Å²) in [5.74, 6) is 0.226. The van der Waals surface area contributed by atoms with Crippen LogP contribution >= 0.6 is 7.82 Å². The summed E-state index contributed by atoms with van der Waals surface area (Å²) in [4.78, 5) is 18.6. The van der Waals surface area contributed by atoms with Gasteiger partial charge in [0.05, 0.1) is 37.7 Å². The van der Waals surface area contributed by atoms with Crippen molar-refractivity contribution in [1.82, 2.24) is 19.6 Å². The first-order valence-electron chi connectivity index (χ1n) is 20.3. The molecule has 0 spiro atoms. The molecule has 312 valence electrons. The predicted octanol–water partition coefficient (Wildman–Crippen LogP) is 7.13. The van der Waals surface area contributed by atoms with Gasteiger partial charge in [-0.25, -0.2) is 14.1 Å². The van der Waals surface area contributed by atoms with Gasteiger partial charge in [-0.3, -0.25) is 14.0 Å². The van der Waals surface area contributed by atoms with E-state index in [0.29, 0.717) is 28.9 Å². The quantitative estimate of drug-likeness (QED) is 0.0406. The summed E-state index contributed by atoms with van der Waals surface area (Å²) in [5.41, 5.74) is 6.27. The number of anilines is 1. The molecule has 6 atom stereocenters. The van der Waals surface area contributed by atoms with E-state index in [9.17, 15) is 24.9 Å². The van der Waals surface area contributed by atoms with Crippen molar-refractivity contribution in [1.29, 1.82) is 5.26 Å². The van der Waals surface area contributed by atoms with Gasteiger partial charge in [-0.15, -0.1) is 0 Å². The number of rotatable bonds is 29. The van der Waals surface area contributed by atoms with E-state index in [0.717, 1.165) is 19.3 Å². The van der Waals surface area contributed by atoms with E-state index in [-0.39, 0.29) is 25.6 Å². The zero-order valence-electron chi connectivity index (χ0n) is 33.2. The van der Waals surface area contributed by atoms with Gasteiger partial charge in [0.2, 0.25) is 0 Å². The highest BCUT2D eigenvalue weighted by Crippen LogP contribution is 2.47. The van der Waals surface area contributed by atoms with E-state index < -0.39 is 44.4 Å². The number of aliphatic hydroxyl groups excluding tert-OH is 2. The molecule has 56 heavy (non-hydrogen) atoms. The molecule has 0 bridgehead atoms. The molecule has 3 aromatic heterocycles. The molecule has 16 heteroatoms. The third-order valence-corrected chi connectivity index (χ3v) is 11.2. The van der Waals surface area contributed by atoms with Crippen molar-refractivity contribution in [2.75, 3.05) is 32.2 Å². The molecular formula is C40H63N6O9P. The van der Waals surface area contributed by atoms with Gasteiger partial charge < -0.3 is 35.1 Å². The number of pyridine rings is 1. The van der Waals surface area contributed by atoms with E-state index in [2.05, 4.69) is 22.0 Å². The lowest BCUT2D eigenvalue weighted by Crippen LogP contribution is -2.44. The Balaban J connectivity index is 1.17. The van der Waals surface area contributed by atoms with Gasteiger partial charge in [0.25, 0.3) is 0 Å². The van der Waals surface area contributed by atoms with Crippen molar-refractivity contribution < 1.29 is 42.9 Å². The van der Waals surface area contributed by atoms with Crippen molar-refractivity contribution in [3.63, 3.8) is 0 Å². The van der Waals surface area contributed by atoms with Gasteiger partial charge in [0, 0.05) is 19.0 Å². The number of nitriles is 1. The molecule has 1 saturated heterocycles. The van der Waals surface area contributed by atoms with Crippen molar-refractivity contribution in [3.8, 4) is 6.07 Å². The van der Waals surface area contributed by atoms with Crippen LogP contribution in [0.25, 0.3) is 5.52 Å². The Labute approximate surface area is 331 Å². The maximum absolute atomic E-state index is 13.1. The second kappa shape index (κ2) is 24.0. The SMILES string of the molecule is CCCCCCCCCCCCCCCCCCOC[C@H](COP(=O)(O)OC[C@@]1(C)O[C@@H](c2ccc3c(N)ncnn23)[C@H](O)[C@@H]1O)OCc1cncc(C#N)c1. The first-order valence-corrected chi connectivity index (χ1v) is 21.8. The first kappa shape index (κ1) is 45.7. The molecule has 0 amide bonds. The lowest BCUT2D eigenvalue weighted by Gasteiger charge is -2.28. The molecule has 4 heterocycles. The zero-order valence-corrected chi connectivity index (χ0v) is 34.1. The minimum atomic E-state index is -4.71. The minimum Gasteiger partial charge on any atom is -0.387 e. The maximum Gasteiger partial charge on any atom is 0.472 e. The summed E-state index contributed by atoms with van der Waals surface area (Å²) in [6.07, 6.45) is 20.1. The molecule has 1 fully saturated rings. The van der Waals surface area contributed by atoms with Gasteiger partial charge in [0.1, 0.15) is 47.9 Å². The van der Waals surface area contributed by atoms with Crippen LogP contribution < -0.4 is 5.73 Å². The molecule has 0 saturated carbocycles. The number of unbranched alkanes of at least 4 members (excludes halogenated alkanes) is 15. The number of nitrogen functional groups attached to an aromatic ring is 1. The van der Waals surface area contributed by atoms with Crippen LogP contribution in [0.5, 0.6) is 0 Å². The fraction of sp³-hybridized carbons (Fsp3) is 0.700. The zero-order chi connectivity index (χ0) is 40.2. The van der Waals surface area contributed by atoms with Crippen LogP contribution in [0.3, 0.4) is 0 Å². The molecule has 4 rings (SSSR count). The van der Waals surface area contributed by atoms with Crippen LogP contribution in [0.1, 0.15) is 140 Å². The monoisotopic (exact) mass is 802 g/mol. The Morgan fingerprint density at radius 3 is 2.25 bits per heavy atom. The highest BCUT2D eigenvalue weighted by atomic mass is 31.2. The standard InChI is InChI=1S/C40H63N6O9P/c1-3-4-5-6-7-8-9-10-11-12-13-14-15-16-17-18-21-51-27-33(52-26-32-22-31(23-41)24-43-25-32)28-53-56(49,50)54-29-40(2)38(48)36(47)37(55-40)34-19-20-35-39(42)44-30-45-46(34)35/h19-20,22,24-25,30,33,36-38,47-48H,3-18,21,26-29H2,1-2H3,(H,49,50)(H2,42,44,45)/t33-,36+,37+,38+,40-/m1/s1. The number of aromatic nitrogens is 4. The fourth-order valence-corrected chi connectivity index (χ4v) is 7.73. The Kier molecular flexibility index (Phi) is 19.6. The van der Waals surface area contributed by atoms with E-state index in [1.165, 1.54) is 107 Å². The fourth-order valence-electron chi connectivity index (χ4n) is 6.88. The third kappa shape index (κ3) is 14.7. The normalized spacial score (nSPS) is 21.3. The molecule has 0 aliphatic carbocycles. The molecule has 1 aliphatic rings. The number of nitrogens with zero attached hydrogens (tertiary/aromatic N) is 5. The van der Waals surface area contributed by atoms with Crippen LogP contribution in [-0.2, 0) is 34.4 Å². The van der Waals surface area contributed by atoms with Crippen LogP contribution in [-0.4, -0.2) is 85.0 Å². The molecule has 15 nitrogen and oxygen atoms in total. The van der Waals surface area contributed by atoms with Gasteiger partial charge in [-0.1, -0.05) is 103 Å². The van der Waals surface area contributed by atoms with Crippen LogP contribution in [0.15, 0.2) is 36.9 Å². The summed E-state index contributed by atoms with van der Waals surface area (Å²) in [5, 5.41) is 35.2. The summed E-state index contributed by atoms with van der Waals surface area (Å²) in [6, 6.07) is 7.00. The Bertz CT molecular complexity index is 1670. The third-order valence-electron chi connectivity index (χ3n) is 10.3. The van der Waals surface area contributed by atoms with Crippen molar-refractivity contribution in [3.05, 3.63) is 53.7 Å². The molecule has 1 unspecified atom stereocenters. The largest absolute Gasteiger partial charge is 0.472 e. The number of hydrogen-bond acceptors (Lipinski definition) is 13. The Morgan fingerprint density at radius 1 is 0.964 bits per heavy atom. The van der Waals surface area contributed by atoms with Gasteiger partial charge in [-0.2, -0.15) is 10.4 Å². The van der Waals surface area contributed by atoms with E-state index in [4.69, 9.17) is 29.0 Å². The average Bonchev–Trinajstić information content (AvgIpc) is 3.73. The molecule has 3 aromatic rings. The van der Waals surface area contributed by atoms with Gasteiger partial charge in [-0.05, 0) is 37.1 Å². The minimum absolute atomic E-state index is 0.0674. The highest BCUT2D eigenvalue weighted by Gasteiger charge is 2.53. The van der Waals surface area contributed by atoms with Gasteiger partial charge >= 0.3 is 7.82 Å². The number of ether oxygens (including phenoxy) is 3. The number of fused-ring (bicyclic) bond motifs is 1. The number of aliphatic hydroxyl groups is 2. The number of nitrogens with two attached hydrogens (primary N) is 1. The second-order valence-corrected chi connectivity index (χ2v) is 16.5. The number of hydrogen-bond donors (Lipinski definition) is 4. The lowest BCUT2D eigenvalue weighted by atomic mass is 9.97. The second-order valence-electron chi connectivity index (χ2n) is 15.0. The highest BCUT2D eigenvalue weighted by molar-refractivity contribution is 7.47. The molecule has 0 aromatic carbocycles. The molecule has 1 aliphatic heterocycles. The predicted molar refractivity (Wildman–Crippen MR) is 211 cm³/mol. The maximum atomic E-state index is 13.1. The average molecular weight is 803 g/mol. The number of phosphoric acid groups is 1. The van der Waals surface area contributed by atoms with Crippen molar-refractivity contribution in [2.45, 2.75) is 153 Å². The van der Waals surface area contributed by atoms with E-state index in [1.54, 1.807) is 24.4 Å². The Morgan fingerprint density at radius 2 is 1.61 bits per heavy atom. The topological polar surface area (TPSA) is 217 Å². The summed E-state index contributed by atoms with van der Waals surface area (Å²) in [6.45, 7) is 3.46. The molecular weight excluding hydrogens is 739 g/mol. The lowest BCUT2D eigenvalue weighted by molar-refractivity contribution is -0.102. The smallest absolute Gasteiger partial charge is 0.387 e. The van der Waals surface area contributed by atoms with Crippen LogP contribution in [0, 0.1) is 11.3 Å².